The molecule has 0 radical (unpaired) electrons. The molecule has 0 bridgehead atoms. The van der Waals surface area contributed by atoms with Crippen molar-refractivity contribution in [2.75, 3.05) is 13.7 Å². The van der Waals surface area contributed by atoms with Crippen LogP contribution in [0.15, 0.2) is 40.7 Å². The van der Waals surface area contributed by atoms with E-state index in [1.165, 1.54) is 13.2 Å². The summed E-state index contributed by atoms with van der Waals surface area (Å²) in [7, 11) is 1.22. The predicted octanol–water partition coefficient (Wildman–Crippen LogP) is 3.08. The largest absolute Gasteiger partial charge is 0.468 e. The van der Waals surface area contributed by atoms with Gasteiger partial charge in [0.05, 0.1) is 24.2 Å². The lowest BCUT2D eigenvalue weighted by Crippen LogP contribution is -2.43. The van der Waals surface area contributed by atoms with Crippen LogP contribution in [0, 0.1) is 28.9 Å². The van der Waals surface area contributed by atoms with E-state index in [4.69, 9.17) is 9.47 Å². The van der Waals surface area contributed by atoms with Gasteiger partial charge in [0.25, 0.3) is 5.69 Å². The van der Waals surface area contributed by atoms with Gasteiger partial charge in [0, 0.05) is 34.5 Å². The number of benzene rings is 1. The number of dihydropyridines is 1. The van der Waals surface area contributed by atoms with Crippen LogP contribution in [0.2, 0.25) is 0 Å². The lowest BCUT2D eigenvalue weighted by molar-refractivity contribution is -0.385. The molecule has 0 aromatic heterocycles. The lowest BCUT2D eigenvalue weighted by atomic mass is 9.69. The SMILES string of the molecule is CCOC(=O)C1=C(C)NC2=C(C(=O)[C@@H](C(=O)OC)[C@H](C)C2)[C@@H]1c1ccc(C)c([N+](=O)[O-])c1. The highest BCUT2D eigenvalue weighted by Crippen LogP contribution is 2.46. The van der Waals surface area contributed by atoms with E-state index >= 15 is 0 Å². The predicted molar refractivity (Wildman–Crippen MR) is 114 cm³/mol. The molecule has 0 saturated heterocycles. The molecule has 0 saturated carbocycles. The Morgan fingerprint density at radius 3 is 2.56 bits per heavy atom. The molecule has 3 atom stereocenters. The number of hydrogen-bond acceptors (Lipinski definition) is 8. The summed E-state index contributed by atoms with van der Waals surface area (Å²) in [5.74, 6) is -3.97. The highest BCUT2D eigenvalue weighted by molar-refractivity contribution is 6.12. The molecule has 170 valence electrons. The molecule has 0 amide bonds. The van der Waals surface area contributed by atoms with E-state index < -0.39 is 34.5 Å². The second kappa shape index (κ2) is 8.94. The van der Waals surface area contributed by atoms with Crippen molar-refractivity contribution < 1.29 is 28.8 Å². The number of ether oxygens (including phenoxy) is 2. The Labute approximate surface area is 185 Å². The summed E-state index contributed by atoms with van der Waals surface area (Å²) in [6, 6.07) is 4.62. The van der Waals surface area contributed by atoms with Crippen molar-refractivity contribution >= 4 is 23.4 Å². The Morgan fingerprint density at radius 2 is 1.97 bits per heavy atom. The first-order chi connectivity index (χ1) is 15.1. The van der Waals surface area contributed by atoms with Crippen molar-refractivity contribution in [3.63, 3.8) is 0 Å². The first-order valence-electron chi connectivity index (χ1n) is 10.4. The van der Waals surface area contributed by atoms with Crippen molar-refractivity contribution in [2.24, 2.45) is 11.8 Å². The third-order valence-electron chi connectivity index (χ3n) is 6.00. The number of Topliss-reactive ketones (excluding diaryl/α,β-unsaturated/α-hetero) is 1. The average Bonchev–Trinajstić information content (AvgIpc) is 2.72. The summed E-state index contributed by atoms with van der Waals surface area (Å²) in [5.41, 5.74) is 2.28. The number of nitro groups is 1. The van der Waals surface area contributed by atoms with Gasteiger partial charge in [-0.1, -0.05) is 19.1 Å². The smallest absolute Gasteiger partial charge is 0.336 e. The number of methoxy groups -OCH3 is 1. The van der Waals surface area contributed by atoms with Gasteiger partial charge in [-0.3, -0.25) is 19.7 Å². The number of hydrogen-bond donors (Lipinski definition) is 1. The van der Waals surface area contributed by atoms with Gasteiger partial charge in [-0.05, 0) is 38.7 Å². The summed E-state index contributed by atoms with van der Waals surface area (Å²) in [4.78, 5) is 49.9. The van der Waals surface area contributed by atoms with Crippen LogP contribution >= 0.6 is 0 Å². The van der Waals surface area contributed by atoms with Crippen molar-refractivity contribution in [1.29, 1.82) is 0 Å². The normalized spacial score (nSPS) is 22.8. The molecular formula is C23H26N2O7. The highest BCUT2D eigenvalue weighted by atomic mass is 16.6. The molecular weight excluding hydrogens is 416 g/mol. The molecule has 2 aliphatic rings. The van der Waals surface area contributed by atoms with Gasteiger partial charge < -0.3 is 14.8 Å². The van der Waals surface area contributed by atoms with E-state index in [2.05, 4.69) is 5.32 Å². The van der Waals surface area contributed by atoms with Gasteiger partial charge in [-0.25, -0.2) is 4.79 Å². The number of allylic oxidation sites excluding steroid dienone is 3. The maximum absolute atomic E-state index is 13.6. The number of rotatable bonds is 5. The molecule has 1 aliphatic heterocycles. The summed E-state index contributed by atoms with van der Waals surface area (Å²) in [5, 5.41) is 14.7. The Balaban J connectivity index is 2.25. The fraction of sp³-hybridized carbons (Fsp3) is 0.435. The Morgan fingerprint density at radius 1 is 1.28 bits per heavy atom. The summed E-state index contributed by atoms with van der Waals surface area (Å²) >= 11 is 0. The molecule has 1 heterocycles. The number of aryl methyl sites for hydroxylation is 1. The van der Waals surface area contributed by atoms with Gasteiger partial charge in [0.15, 0.2) is 5.78 Å². The number of carbonyl (C=O) groups is 3. The first-order valence-corrected chi connectivity index (χ1v) is 10.4. The van der Waals surface area contributed by atoms with Crippen LogP contribution in [-0.2, 0) is 23.9 Å². The molecule has 32 heavy (non-hydrogen) atoms. The summed E-state index contributed by atoms with van der Waals surface area (Å²) in [6.07, 6.45) is 0.388. The molecule has 0 unspecified atom stereocenters. The molecule has 1 aliphatic carbocycles. The number of nitro benzene ring substituents is 1. The van der Waals surface area contributed by atoms with Gasteiger partial charge in [0.2, 0.25) is 0 Å². The number of esters is 2. The van der Waals surface area contributed by atoms with E-state index in [0.29, 0.717) is 28.9 Å². The van der Waals surface area contributed by atoms with Crippen molar-refractivity contribution in [3.05, 3.63) is 62.0 Å². The van der Waals surface area contributed by atoms with Crippen LogP contribution in [0.4, 0.5) is 5.69 Å². The Kier molecular flexibility index (Phi) is 6.47. The zero-order valence-corrected chi connectivity index (χ0v) is 18.7. The van der Waals surface area contributed by atoms with E-state index in [-0.39, 0.29) is 29.4 Å². The maximum Gasteiger partial charge on any atom is 0.336 e. The van der Waals surface area contributed by atoms with Gasteiger partial charge in [0.1, 0.15) is 5.92 Å². The second-order valence-corrected chi connectivity index (χ2v) is 8.06. The third kappa shape index (κ3) is 3.90. The average molecular weight is 442 g/mol. The monoisotopic (exact) mass is 442 g/mol. The Bertz CT molecular complexity index is 1070. The van der Waals surface area contributed by atoms with Crippen molar-refractivity contribution in [1.82, 2.24) is 5.32 Å². The molecule has 1 N–H and O–H groups in total. The van der Waals surface area contributed by atoms with Gasteiger partial charge >= 0.3 is 11.9 Å². The molecule has 9 nitrogen and oxygen atoms in total. The number of nitrogens with zero attached hydrogens (tertiary/aromatic N) is 1. The lowest BCUT2D eigenvalue weighted by Gasteiger charge is -2.38. The molecule has 9 heteroatoms. The van der Waals surface area contributed by atoms with Crippen LogP contribution < -0.4 is 5.32 Å². The van der Waals surface area contributed by atoms with E-state index in [1.807, 2.05) is 0 Å². The standard InChI is InChI=1S/C23H26N2O7/c1-6-32-23(28)18-13(4)24-15-9-12(3)17(22(27)31-5)21(26)20(15)19(18)14-8-7-11(2)16(10-14)25(29)30/h7-8,10,12,17,19,24H,6,9H2,1-5H3/t12-,17+,19-/m1/s1. The molecule has 1 aromatic rings. The minimum Gasteiger partial charge on any atom is -0.468 e. The summed E-state index contributed by atoms with van der Waals surface area (Å²) < 4.78 is 10.1. The van der Waals surface area contributed by atoms with Crippen molar-refractivity contribution in [2.45, 2.75) is 40.0 Å². The minimum absolute atomic E-state index is 0.120. The van der Waals surface area contributed by atoms with E-state index in [0.717, 1.165) is 0 Å². The van der Waals surface area contributed by atoms with Gasteiger partial charge in [-0.15, -0.1) is 0 Å². The Hall–Kier alpha value is -3.49. The van der Waals surface area contributed by atoms with E-state index in [1.54, 1.807) is 39.8 Å². The highest BCUT2D eigenvalue weighted by Gasteiger charge is 2.47. The topological polar surface area (TPSA) is 125 Å². The quantitative estimate of drug-likeness (QED) is 0.319. The summed E-state index contributed by atoms with van der Waals surface area (Å²) in [6.45, 7) is 6.89. The van der Waals surface area contributed by atoms with Crippen LogP contribution in [0.3, 0.4) is 0 Å². The van der Waals surface area contributed by atoms with Crippen molar-refractivity contribution in [3.8, 4) is 0 Å². The van der Waals surface area contributed by atoms with Crippen LogP contribution in [-0.4, -0.2) is 36.4 Å². The maximum atomic E-state index is 13.6. The fourth-order valence-corrected chi connectivity index (χ4v) is 4.50. The van der Waals surface area contributed by atoms with Crippen LogP contribution in [0.25, 0.3) is 0 Å². The van der Waals surface area contributed by atoms with Gasteiger partial charge in [-0.2, -0.15) is 0 Å². The number of nitrogens with one attached hydrogen (secondary N) is 1. The molecule has 3 rings (SSSR count). The zero-order chi connectivity index (χ0) is 23.7. The fourth-order valence-electron chi connectivity index (χ4n) is 4.50. The molecule has 0 spiro atoms. The van der Waals surface area contributed by atoms with Crippen LogP contribution in [0.1, 0.15) is 44.2 Å². The number of carbonyl (C=O) groups excluding carboxylic acids is 3. The number of ketones is 1. The molecule has 1 aromatic carbocycles. The first kappa shape index (κ1) is 23.2. The second-order valence-electron chi connectivity index (χ2n) is 8.06. The minimum atomic E-state index is -1.02. The van der Waals surface area contributed by atoms with Crippen LogP contribution in [0.5, 0.6) is 0 Å². The van der Waals surface area contributed by atoms with E-state index in [9.17, 15) is 24.5 Å². The third-order valence-corrected chi connectivity index (χ3v) is 6.00. The zero-order valence-electron chi connectivity index (χ0n) is 18.7. The molecule has 0 fully saturated rings.